The zero-order chi connectivity index (χ0) is 13.0. The summed E-state index contributed by atoms with van der Waals surface area (Å²) >= 11 is 0. The lowest BCUT2D eigenvalue weighted by Crippen LogP contribution is -2.36. The molecule has 0 aliphatic rings. The second kappa shape index (κ2) is 11.5. The van der Waals surface area contributed by atoms with Gasteiger partial charge in [-0.2, -0.15) is 0 Å². The van der Waals surface area contributed by atoms with Crippen molar-refractivity contribution in [3.05, 3.63) is 25.3 Å². The molecule has 0 aromatic carbocycles. The van der Waals surface area contributed by atoms with Gasteiger partial charge >= 0.3 is 5.97 Å². The van der Waals surface area contributed by atoms with Gasteiger partial charge in [-0.05, 0) is 12.5 Å². The predicted octanol–water partition coefficient (Wildman–Crippen LogP) is 0.971. The van der Waals surface area contributed by atoms with Crippen LogP contribution in [0.1, 0.15) is 13.3 Å². The Morgan fingerprint density at radius 2 is 1.94 bits per heavy atom. The maximum absolute atomic E-state index is 10.8. The minimum Gasteiger partial charge on any atom is -0.478 e. The molecule has 16 heavy (non-hydrogen) atoms. The first-order chi connectivity index (χ1) is 7.51. The van der Waals surface area contributed by atoms with Gasteiger partial charge in [-0.3, -0.25) is 4.79 Å². The van der Waals surface area contributed by atoms with Crippen molar-refractivity contribution in [2.75, 3.05) is 13.7 Å². The Morgan fingerprint density at radius 3 is 2.19 bits per heavy atom. The quantitative estimate of drug-likeness (QED) is 0.665. The summed E-state index contributed by atoms with van der Waals surface area (Å²) in [6.45, 7) is 8.86. The van der Waals surface area contributed by atoms with Gasteiger partial charge in [0.2, 0.25) is 5.91 Å². The van der Waals surface area contributed by atoms with Gasteiger partial charge in [-0.15, -0.1) is 0 Å². The summed E-state index contributed by atoms with van der Waals surface area (Å²) in [5, 5.41) is 10.3. The van der Waals surface area contributed by atoms with Crippen LogP contribution in [-0.2, 0) is 14.3 Å². The minimum atomic E-state index is -0.981. The maximum atomic E-state index is 10.8. The molecule has 0 aromatic rings. The van der Waals surface area contributed by atoms with E-state index in [0.29, 0.717) is 6.61 Å². The molecule has 5 nitrogen and oxygen atoms in total. The third-order valence-corrected chi connectivity index (χ3v) is 1.57. The van der Waals surface area contributed by atoms with Crippen LogP contribution in [0.4, 0.5) is 0 Å². The van der Waals surface area contributed by atoms with Crippen molar-refractivity contribution in [2.45, 2.75) is 19.4 Å². The summed E-state index contributed by atoms with van der Waals surface area (Å²) in [6, 6.07) is 0.102. The van der Waals surface area contributed by atoms with Crippen LogP contribution >= 0.6 is 0 Å². The van der Waals surface area contributed by atoms with Gasteiger partial charge in [0.1, 0.15) is 0 Å². The lowest BCUT2D eigenvalue weighted by Gasteiger charge is -2.13. The first-order valence-corrected chi connectivity index (χ1v) is 4.78. The van der Waals surface area contributed by atoms with Crippen molar-refractivity contribution < 1.29 is 19.4 Å². The molecule has 0 heterocycles. The predicted molar refractivity (Wildman–Crippen MR) is 62.1 cm³/mol. The van der Waals surface area contributed by atoms with Crippen LogP contribution in [0.3, 0.4) is 0 Å². The Morgan fingerprint density at radius 1 is 1.44 bits per heavy atom. The number of hydrogen-bond donors (Lipinski definition) is 2. The van der Waals surface area contributed by atoms with Crippen molar-refractivity contribution in [3.8, 4) is 0 Å². The Labute approximate surface area is 95.8 Å². The van der Waals surface area contributed by atoms with E-state index in [2.05, 4.69) is 18.5 Å². The van der Waals surface area contributed by atoms with Gasteiger partial charge in [0.05, 0.1) is 12.6 Å². The van der Waals surface area contributed by atoms with E-state index >= 15 is 0 Å². The molecule has 0 aliphatic carbocycles. The summed E-state index contributed by atoms with van der Waals surface area (Å²) in [4.78, 5) is 20.0. The number of nitrogens with one attached hydrogen (secondary N) is 1. The number of methoxy groups -OCH3 is 1. The number of rotatable bonds is 6. The molecule has 0 saturated heterocycles. The topological polar surface area (TPSA) is 75.6 Å². The maximum Gasteiger partial charge on any atom is 0.327 e. The zero-order valence-electron chi connectivity index (χ0n) is 9.73. The molecular formula is C11H19NO4. The van der Waals surface area contributed by atoms with Crippen molar-refractivity contribution in [1.29, 1.82) is 0 Å². The summed E-state index contributed by atoms with van der Waals surface area (Å²) in [7, 11) is 1.61. The number of amides is 1. The summed E-state index contributed by atoms with van der Waals surface area (Å²) in [5.41, 5.74) is 0. The lowest BCUT2D eigenvalue weighted by molar-refractivity contribution is -0.131. The molecule has 2 N–H and O–H groups in total. The van der Waals surface area contributed by atoms with Crippen LogP contribution in [0.25, 0.3) is 0 Å². The number of aliphatic carboxylic acids is 1. The summed E-state index contributed by atoms with van der Waals surface area (Å²) in [5.74, 6) is -1.13. The molecule has 0 radical (unpaired) electrons. The second-order valence-electron chi connectivity index (χ2n) is 2.82. The van der Waals surface area contributed by atoms with Gasteiger partial charge in [0.15, 0.2) is 0 Å². The monoisotopic (exact) mass is 229 g/mol. The van der Waals surface area contributed by atoms with Crippen LogP contribution in [0.15, 0.2) is 25.3 Å². The molecule has 0 saturated carbocycles. The molecule has 1 unspecified atom stereocenters. The normalized spacial score (nSPS) is 10.4. The Bertz CT molecular complexity index is 238. The molecule has 0 aromatic heterocycles. The number of hydrogen-bond acceptors (Lipinski definition) is 3. The van der Waals surface area contributed by atoms with Crippen LogP contribution < -0.4 is 5.32 Å². The molecule has 1 amide bonds. The third kappa shape index (κ3) is 12.4. The molecule has 0 spiro atoms. The van der Waals surface area contributed by atoms with E-state index in [1.165, 1.54) is 6.08 Å². The second-order valence-corrected chi connectivity index (χ2v) is 2.82. The molecular weight excluding hydrogens is 210 g/mol. The molecule has 0 aliphatic heterocycles. The van der Waals surface area contributed by atoms with Crippen molar-refractivity contribution in [1.82, 2.24) is 5.32 Å². The Balaban J connectivity index is 0. The van der Waals surface area contributed by atoms with E-state index in [4.69, 9.17) is 9.84 Å². The highest BCUT2D eigenvalue weighted by Crippen LogP contribution is 1.90. The van der Waals surface area contributed by atoms with E-state index in [0.717, 1.165) is 12.5 Å². The minimum absolute atomic E-state index is 0.102. The molecule has 0 fully saturated rings. The fourth-order valence-corrected chi connectivity index (χ4v) is 0.723. The number of carbonyl (C=O) groups is 2. The van der Waals surface area contributed by atoms with E-state index in [1.807, 2.05) is 6.92 Å². The lowest BCUT2D eigenvalue weighted by atomic mass is 10.2. The molecule has 1 atom stereocenters. The van der Waals surface area contributed by atoms with E-state index in [9.17, 15) is 9.59 Å². The van der Waals surface area contributed by atoms with Crippen LogP contribution in [-0.4, -0.2) is 36.7 Å². The van der Waals surface area contributed by atoms with Crippen molar-refractivity contribution >= 4 is 11.9 Å². The summed E-state index contributed by atoms with van der Waals surface area (Å²) in [6.07, 6.45) is 2.96. The highest BCUT2D eigenvalue weighted by Gasteiger charge is 2.06. The number of carboxylic acid groups (broad SMARTS) is 1. The molecule has 92 valence electrons. The fourth-order valence-electron chi connectivity index (χ4n) is 0.723. The first-order valence-electron chi connectivity index (χ1n) is 4.78. The SMILES string of the molecule is C=CC(=O)NC(CC)COC.C=CC(=O)O. The van der Waals surface area contributed by atoms with Crippen LogP contribution in [0, 0.1) is 0 Å². The van der Waals surface area contributed by atoms with Crippen LogP contribution in [0.5, 0.6) is 0 Å². The van der Waals surface area contributed by atoms with Crippen LogP contribution in [0.2, 0.25) is 0 Å². The number of ether oxygens (including phenoxy) is 1. The highest BCUT2D eigenvalue weighted by atomic mass is 16.5. The largest absolute Gasteiger partial charge is 0.478 e. The smallest absolute Gasteiger partial charge is 0.327 e. The number of carbonyl (C=O) groups excluding carboxylic acids is 1. The van der Waals surface area contributed by atoms with Gasteiger partial charge in [0, 0.05) is 13.2 Å². The molecule has 0 bridgehead atoms. The van der Waals surface area contributed by atoms with Gasteiger partial charge in [-0.25, -0.2) is 4.79 Å². The third-order valence-electron chi connectivity index (χ3n) is 1.57. The molecule has 5 heteroatoms. The average molecular weight is 229 g/mol. The molecule has 0 rings (SSSR count). The fraction of sp³-hybridized carbons (Fsp3) is 0.455. The Kier molecular flexibility index (Phi) is 12.0. The first kappa shape index (κ1) is 16.8. The van der Waals surface area contributed by atoms with Gasteiger partial charge in [0.25, 0.3) is 0 Å². The van der Waals surface area contributed by atoms with Crippen molar-refractivity contribution in [3.63, 3.8) is 0 Å². The Hall–Kier alpha value is -1.62. The van der Waals surface area contributed by atoms with E-state index in [1.54, 1.807) is 7.11 Å². The number of carboxylic acids is 1. The average Bonchev–Trinajstić information content (AvgIpc) is 2.28. The standard InChI is InChI=1S/C8H15NO2.C3H4O2/c1-4-7(6-11-3)9-8(10)5-2;1-2-3(4)5/h5,7H,2,4,6H2,1,3H3,(H,9,10);2H,1H2,(H,4,5). The van der Waals surface area contributed by atoms with Gasteiger partial charge in [-0.1, -0.05) is 20.1 Å². The van der Waals surface area contributed by atoms with Crippen molar-refractivity contribution in [2.24, 2.45) is 0 Å². The highest BCUT2D eigenvalue weighted by molar-refractivity contribution is 5.87. The van der Waals surface area contributed by atoms with E-state index < -0.39 is 5.97 Å². The zero-order valence-corrected chi connectivity index (χ0v) is 9.73. The van der Waals surface area contributed by atoms with Gasteiger partial charge < -0.3 is 15.2 Å². The summed E-state index contributed by atoms with van der Waals surface area (Å²) < 4.78 is 4.89. The van der Waals surface area contributed by atoms with E-state index in [-0.39, 0.29) is 11.9 Å².